The fourth-order valence-corrected chi connectivity index (χ4v) is 1.60. The number of hydrogen-bond donors (Lipinski definition) is 3. The Morgan fingerprint density at radius 2 is 2.10 bits per heavy atom. The molecule has 1 rings (SSSR count). The summed E-state index contributed by atoms with van der Waals surface area (Å²) in [6.07, 6.45) is -0.799. The van der Waals surface area contributed by atoms with Crippen LogP contribution in [0.4, 0.5) is 4.79 Å². The van der Waals surface area contributed by atoms with Crippen LogP contribution in [0.5, 0.6) is 5.75 Å². The third-order valence-electron chi connectivity index (χ3n) is 2.75. The molecule has 1 unspecified atom stereocenters. The normalized spacial score (nSPS) is 11.6. The Morgan fingerprint density at radius 3 is 2.71 bits per heavy atom. The minimum atomic E-state index is -0.799. The van der Waals surface area contributed by atoms with Crippen molar-refractivity contribution in [2.24, 2.45) is 0 Å². The van der Waals surface area contributed by atoms with E-state index in [4.69, 9.17) is 4.74 Å². The van der Waals surface area contributed by atoms with E-state index in [1.807, 2.05) is 19.9 Å². The van der Waals surface area contributed by atoms with Gasteiger partial charge in [-0.2, -0.15) is 0 Å². The molecule has 1 atom stereocenters. The first-order valence-electron chi connectivity index (χ1n) is 6.84. The zero-order chi connectivity index (χ0) is 15.8. The molecule has 0 aromatic carbocycles. The summed E-state index contributed by atoms with van der Waals surface area (Å²) < 4.78 is 5.61. The fourth-order valence-electron chi connectivity index (χ4n) is 1.60. The van der Waals surface area contributed by atoms with Gasteiger partial charge in [-0.05, 0) is 32.5 Å². The number of nitrogens with zero attached hydrogens (tertiary/aromatic N) is 1. The molecule has 21 heavy (non-hydrogen) atoms. The molecule has 0 radical (unpaired) electrons. The van der Waals surface area contributed by atoms with Crippen LogP contribution in [0.25, 0.3) is 0 Å². The highest BCUT2D eigenvalue weighted by molar-refractivity contribution is 5.96. The van der Waals surface area contributed by atoms with Crippen LogP contribution in [-0.2, 0) is 11.3 Å². The first kappa shape index (κ1) is 16.9. The fraction of sp³-hybridized carbons (Fsp3) is 0.500. The summed E-state index contributed by atoms with van der Waals surface area (Å²) in [5.74, 6) is 0.0189. The number of imide groups is 1. The quantitative estimate of drug-likeness (QED) is 0.719. The Balaban J connectivity index is 2.76. The monoisotopic (exact) mass is 294 g/mol. The average Bonchev–Trinajstić information content (AvgIpc) is 2.46. The van der Waals surface area contributed by atoms with Gasteiger partial charge in [-0.15, -0.1) is 0 Å². The number of rotatable bonds is 6. The van der Waals surface area contributed by atoms with Crippen molar-refractivity contribution in [2.45, 2.75) is 33.4 Å². The molecule has 1 heterocycles. The summed E-state index contributed by atoms with van der Waals surface area (Å²) in [7, 11) is 1.44. The van der Waals surface area contributed by atoms with E-state index >= 15 is 0 Å². The van der Waals surface area contributed by atoms with E-state index < -0.39 is 18.0 Å². The molecule has 1 aromatic rings. The highest BCUT2D eigenvalue weighted by atomic mass is 16.5. The maximum absolute atomic E-state index is 11.8. The summed E-state index contributed by atoms with van der Waals surface area (Å²) >= 11 is 0. The SMILES string of the molecule is CCNCc1nc(C)ccc1OC(C)C(=O)NC(=O)NC. The van der Waals surface area contributed by atoms with Crippen molar-refractivity contribution < 1.29 is 14.3 Å². The summed E-state index contributed by atoms with van der Waals surface area (Å²) in [6, 6.07) is 3.03. The minimum Gasteiger partial charge on any atom is -0.479 e. The highest BCUT2D eigenvalue weighted by Gasteiger charge is 2.18. The van der Waals surface area contributed by atoms with Crippen LogP contribution in [0.15, 0.2) is 12.1 Å². The number of ether oxygens (including phenoxy) is 1. The third-order valence-corrected chi connectivity index (χ3v) is 2.75. The van der Waals surface area contributed by atoms with Crippen LogP contribution >= 0.6 is 0 Å². The molecule has 0 saturated carbocycles. The molecule has 0 aliphatic carbocycles. The van der Waals surface area contributed by atoms with Gasteiger partial charge < -0.3 is 15.4 Å². The molecule has 1 aromatic heterocycles. The van der Waals surface area contributed by atoms with Crippen LogP contribution in [0.3, 0.4) is 0 Å². The Morgan fingerprint density at radius 1 is 1.38 bits per heavy atom. The van der Waals surface area contributed by atoms with Gasteiger partial charge in [0.15, 0.2) is 6.10 Å². The molecule has 7 nitrogen and oxygen atoms in total. The van der Waals surface area contributed by atoms with Crippen molar-refractivity contribution >= 4 is 11.9 Å². The van der Waals surface area contributed by atoms with Crippen LogP contribution in [0.1, 0.15) is 25.2 Å². The number of carbonyl (C=O) groups is 2. The first-order chi connectivity index (χ1) is 9.97. The number of urea groups is 1. The molecule has 7 heteroatoms. The molecule has 0 aliphatic rings. The second kappa shape index (κ2) is 8.21. The molecule has 3 amide bonds. The van der Waals surface area contributed by atoms with Crippen molar-refractivity contribution in [3.05, 3.63) is 23.5 Å². The van der Waals surface area contributed by atoms with Gasteiger partial charge in [0.25, 0.3) is 5.91 Å². The summed E-state index contributed by atoms with van der Waals surface area (Å²) in [5.41, 5.74) is 1.61. The standard InChI is InChI=1S/C14H22N4O3/c1-5-16-8-11-12(7-6-9(2)17-11)21-10(3)13(19)18-14(20)15-4/h6-7,10,16H,5,8H2,1-4H3,(H2,15,18,19,20). The van der Waals surface area contributed by atoms with E-state index in [0.29, 0.717) is 12.3 Å². The van der Waals surface area contributed by atoms with Gasteiger partial charge in [0, 0.05) is 19.3 Å². The molecular weight excluding hydrogens is 272 g/mol. The van der Waals surface area contributed by atoms with Gasteiger partial charge >= 0.3 is 6.03 Å². The Hall–Kier alpha value is -2.15. The Labute approximate surface area is 124 Å². The zero-order valence-corrected chi connectivity index (χ0v) is 12.8. The van der Waals surface area contributed by atoms with E-state index in [1.165, 1.54) is 7.05 Å². The van der Waals surface area contributed by atoms with Gasteiger partial charge in [0.05, 0.1) is 5.69 Å². The number of nitrogens with one attached hydrogen (secondary N) is 3. The van der Waals surface area contributed by atoms with Crippen LogP contribution in [0.2, 0.25) is 0 Å². The lowest BCUT2D eigenvalue weighted by molar-refractivity contribution is -0.126. The lowest BCUT2D eigenvalue weighted by atomic mass is 10.2. The number of pyridine rings is 1. The average molecular weight is 294 g/mol. The molecule has 0 fully saturated rings. The number of aryl methyl sites for hydroxylation is 1. The van der Waals surface area contributed by atoms with Gasteiger partial charge in [-0.3, -0.25) is 15.1 Å². The summed E-state index contributed by atoms with van der Waals surface area (Å²) in [6.45, 7) is 6.82. The van der Waals surface area contributed by atoms with Crippen molar-refractivity contribution in [2.75, 3.05) is 13.6 Å². The van der Waals surface area contributed by atoms with E-state index in [9.17, 15) is 9.59 Å². The zero-order valence-electron chi connectivity index (χ0n) is 12.8. The molecule has 0 bridgehead atoms. The van der Waals surface area contributed by atoms with Crippen molar-refractivity contribution in [3.8, 4) is 5.75 Å². The van der Waals surface area contributed by atoms with E-state index in [-0.39, 0.29) is 0 Å². The number of carbonyl (C=O) groups excluding carboxylic acids is 2. The molecule has 0 aliphatic heterocycles. The summed E-state index contributed by atoms with van der Waals surface area (Å²) in [5, 5.41) is 7.66. The third kappa shape index (κ3) is 5.39. The number of aromatic nitrogens is 1. The minimum absolute atomic E-state index is 0.510. The predicted molar refractivity (Wildman–Crippen MR) is 79.0 cm³/mol. The molecule has 0 saturated heterocycles. The van der Waals surface area contributed by atoms with Gasteiger partial charge in [-0.1, -0.05) is 6.92 Å². The van der Waals surface area contributed by atoms with Crippen molar-refractivity contribution in [1.29, 1.82) is 0 Å². The topological polar surface area (TPSA) is 92.4 Å². The predicted octanol–water partition coefficient (Wildman–Crippen LogP) is 0.722. The Bertz CT molecular complexity index is 505. The van der Waals surface area contributed by atoms with E-state index in [0.717, 1.165) is 17.9 Å². The number of amides is 3. The van der Waals surface area contributed by atoms with Crippen LogP contribution < -0.4 is 20.7 Å². The second-order valence-corrected chi connectivity index (χ2v) is 4.51. The molecule has 116 valence electrons. The first-order valence-corrected chi connectivity index (χ1v) is 6.84. The number of hydrogen-bond acceptors (Lipinski definition) is 5. The smallest absolute Gasteiger partial charge is 0.321 e. The van der Waals surface area contributed by atoms with Gasteiger partial charge in [0.1, 0.15) is 5.75 Å². The Kier molecular flexibility index (Phi) is 6.61. The van der Waals surface area contributed by atoms with E-state index in [2.05, 4.69) is 20.9 Å². The molecule has 3 N–H and O–H groups in total. The largest absolute Gasteiger partial charge is 0.479 e. The van der Waals surface area contributed by atoms with Crippen LogP contribution in [0, 0.1) is 6.92 Å². The van der Waals surface area contributed by atoms with Crippen molar-refractivity contribution in [3.63, 3.8) is 0 Å². The van der Waals surface area contributed by atoms with Gasteiger partial charge in [-0.25, -0.2) is 4.79 Å². The lowest BCUT2D eigenvalue weighted by Gasteiger charge is -2.16. The lowest BCUT2D eigenvalue weighted by Crippen LogP contribution is -2.44. The maximum Gasteiger partial charge on any atom is 0.321 e. The summed E-state index contributed by atoms with van der Waals surface area (Å²) in [4.78, 5) is 27.3. The van der Waals surface area contributed by atoms with Crippen LogP contribution in [-0.4, -0.2) is 36.6 Å². The van der Waals surface area contributed by atoms with Gasteiger partial charge in [0.2, 0.25) is 0 Å². The molecule has 0 spiro atoms. The second-order valence-electron chi connectivity index (χ2n) is 4.51. The highest BCUT2D eigenvalue weighted by Crippen LogP contribution is 2.18. The maximum atomic E-state index is 11.8. The molecular formula is C14H22N4O3. The van der Waals surface area contributed by atoms with E-state index in [1.54, 1.807) is 13.0 Å². The van der Waals surface area contributed by atoms with Crippen molar-refractivity contribution in [1.82, 2.24) is 20.9 Å².